The average molecular weight is 310 g/mol. The van der Waals surface area contributed by atoms with Gasteiger partial charge in [-0.25, -0.2) is 0 Å². The fourth-order valence-corrected chi connectivity index (χ4v) is 2.73. The van der Waals surface area contributed by atoms with Crippen molar-refractivity contribution >= 4 is 23.5 Å². The van der Waals surface area contributed by atoms with Crippen LogP contribution in [-0.4, -0.2) is 17.9 Å². The number of carbonyl (C=O) groups excluding carboxylic acids is 2. The molecule has 1 aromatic carbocycles. The molecule has 1 aliphatic carbocycles. The molecule has 1 atom stereocenters. The van der Waals surface area contributed by atoms with E-state index >= 15 is 0 Å². The maximum Gasteiger partial charge on any atom is 0.303 e. The van der Waals surface area contributed by atoms with E-state index in [1.165, 1.54) is 13.3 Å². The summed E-state index contributed by atoms with van der Waals surface area (Å²) in [6.45, 7) is 1.30. The van der Waals surface area contributed by atoms with Gasteiger partial charge in [0.15, 0.2) is 0 Å². The number of nitrogens with one attached hydrogen (secondary N) is 1. The van der Waals surface area contributed by atoms with E-state index in [4.69, 9.17) is 16.3 Å². The number of carbonyl (C=O) groups is 2. The summed E-state index contributed by atoms with van der Waals surface area (Å²) < 4.78 is 5.19. The van der Waals surface area contributed by atoms with E-state index in [-0.39, 0.29) is 11.9 Å². The maximum absolute atomic E-state index is 12.4. The van der Waals surface area contributed by atoms with Crippen LogP contribution in [0.3, 0.4) is 0 Å². The predicted octanol–water partition coefficient (Wildman–Crippen LogP) is 3.39. The lowest BCUT2D eigenvalue weighted by atomic mass is 9.95. The molecule has 5 heteroatoms. The van der Waals surface area contributed by atoms with E-state index in [0.29, 0.717) is 10.6 Å². The minimum atomic E-state index is -0.915. The molecular formula is C16H20ClNO3. The standard InChI is InChI=1S/C16H20ClNO3/c1-11(19)21-15(12-7-9-13(17)10-8-12)16(20)18-14-5-3-2-4-6-14/h7-10,14-15H,2-6H2,1H3,(H,18,20). The van der Waals surface area contributed by atoms with E-state index < -0.39 is 12.1 Å². The van der Waals surface area contributed by atoms with Gasteiger partial charge in [0.2, 0.25) is 6.10 Å². The van der Waals surface area contributed by atoms with E-state index in [9.17, 15) is 9.59 Å². The highest BCUT2D eigenvalue weighted by Gasteiger charge is 2.26. The lowest BCUT2D eigenvalue weighted by Gasteiger charge is -2.25. The molecule has 1 N–H and O–H groups in total. The third-order valence-electron chi connectivity index (χ3n) is 3.65. The zero-order chi connectivity index (χ0) is 15.2. The third-order valence-corrected chi connectivity index (χ3v) is 3.90. The molecule has 0 radical (unpaired) electrons. The molecule has 4 nitrogen and oxygen atoms in total. The molecule has 0 heterocycles. The summed E-state index contributed by atoms with van der Waals surface area (Å²) >= 11 is 5.85. The Morgan fingerprint density at radius 1 is 1.19 bits per heavy atom. The van der Waals surface area contributed by atoms with Gasteiger partial charge in [0.05, 0.1) is 0 Å². The Kier molecular flexibility index (Phi) is 5.62. The van der Waals surface area contributed by atoms with Crippen LogP contribution in [0.5, 0.6) is 0 Å². The number of halogens is 1. The van der Waals surface area contributed by atoms with Crippen LogP contribution >= 0.6 is 11.6 Å². The maximum atomic E-state index is 12.4. The quantitative estimate of drug-likeness (QED) is 0.867. The Hall–Kier alpha value is -1.55. The largest absolute Gasteiger partial charge is 0.447 e. The van der Waals surface area contributed by atoms with Crippen molar-refractivity contribution in [2.45, 2.75) is 51.2 Å². The van der Waals surface area contributed by atoms with E-state index in [1.807, 2.05) is 0 Å². The molecule has 0 spiro atoms. The molecule has 21 heavy (non-hydrogen) atoms. The van der Waals surface area contributed by atoms with Crippen LogP contribution in [0.2, 0.25) is 5.02 Å². The molecule has 1 amide bonds. The molecule has 1 saturated carbocycles. The number of ether oxygens (including phenoxy) is 1. The zero-order valence-corrected chi connectivity index (χ0v) is 12.9. The molecule has 0 saturated heterocycles. The van der Waals surface area contributed by atoms with E-state index in [2.05, 4.69) is 5.32 Å². The monoisotopic (exact) mass is 309 g/mol. The summed E-state index contributed by atoms with van der Waals surface area (Å²) in [6, 6.07) is 6.95. The Morgan fingerprint density at radius 3 is 2.38 bits per heavy atom. The highest BCUT2D eigenvalue weighted by Crippen LogP contribution is 2.23. The number of rotatable bonds is 4. The number of hydrogen-bond acceptors (Lipinski definition) is 3. The highest BCUT2D eigenvalue weighted by molar-refractivity contribution is 6.30. The molecular weight excluding hydrogens is 290 g/mol. The summed E-state index contributed by atoms with van der Waals surface area (Å²) in [4.78, 5) is 23.7. The fraction of sp³-hybridized carbons (Fsp3) is 0.500. The molecule has 2 rings (SSSR count). The second-order valence-corrected chi connectivity index (χ2v) is 5.82. The number of esters is 1. The highest BCUT2D eigenvalue weighted by atomic mass is 35.5. The molecule has 1 aromatic rings. The van der Waals surface area contributed by atoms with Crippen molar-refractivity contribution in [2.24, 2.45) is 0 Å². The Morgan fingerprint density at radius 2 is 1.81 bits per heavy atom. The van der Waals surface area contributed by atoms with Crippen molar-refractivity contribution in [3.8, 4) is 0 Å². The minimum absolute atomic E-state index is 0.177. The van der Waals surface area contributed by atoms with Gasteiger partial charge < -0.3 is 10.1 Å². The van der Waals surface area contributed by atoms with Crippen molar-refractivity contribution in [1.29, 1.82) is 0 Å². The lowest BCUT2D eigenvalue weighted by molar-refractivity contribution is -0.154. The van der Waals surface area contributed by atoms with Gasteiger partial charge in [-0.2, -0.15) is 0 Å². The van der Waals surface area contributed by atoms with Gasteiger partial charge in [-0.05, 0) is 25.0 Å². The van der Waals surface area contributed by atoms with Crippen molar-refractivity contribution in [1.82, 2.24) is 5.32 Å². The summed E-state index contributed by atoms with van der Waals surface area (Å²) in [5.74, 6) is -0.742. The minimum Gasteiger partial charge on any atom is -0.447 e. The van der Waals surface area contributed by atoms with Gasteiger partial charge in [-0.1, -0.05) is 43.0 Å². The first kappa shape index (κ1) is 15.8. The van der Waals surface area contributed by atoms with Gasteiger partial charge in [-0.15, -0.1) is 0 Å². The summed E-state index contributed by atoms with van der Waals surface area (Å²) in [5.41, 5.74) is 0.628. The SMILES string of the molecule is CC(=O)OC(C(=O)NC1CCCCC1)c1ccc(Cl)cc1. The first-order chi connectivity index (χ1) is 10.1. The fourth-order valence-electron chi connectivity index (χ4n) is 2.60. The Balaban J connectivity index is 2.08. The van der Waals surface area contributed by atoms with Crippen LogP contribution in [0.25, 0.3) is 0 Å². The topological polar surface area (TPSA) is 55.4 Å². The average Bonchev–Trinajstić information content (AvgIpc) is 2.46. The zero-order valence-electron chi connectivity index (χ0n) is 12.1. The van der Waals surface area contributed by atoms with E-state index in [0.717, 1.165) is 25.7 Å². The van der Waals surface area contributed by atoms with Crippen LogP contribution < -0.4 is 5.32 Å². The van der Waals surface area contributed by atoms with Crippen molar-refractivity contribution < 1.29 is 14.3 Å². The molecule has 0 aliphatic heterocycles. The number of hydrogen-bond donors (Lipinski definition) is 1. The molecule has 1 fully saturated rings. The van der Waals surface area contributed by atoms with Gasteiger partial charge in [0.1, 0.15) is 0 Å². The number of amides is 1. The molecule has 1 aliphatic rings. The Bertz CT molecular complexity index is 495. The summed E-state index contributed by atoms with van der Waals surface area (Å²) in [5, 5.41) is 3.57. The smallest absolute Gasteiger partial charge is 0.303 e. The van der Waals surface area contributed by atoms with Gasteiger partial charge in [0, 0.05) is 23.6 Å². The van der Waals surface area contributed by atoms with Gasteiger partial charge in [0.25, 0.3) is 5.91 Å². The normalized spacial score (nSPS) is 17.0. The third kappa shape index (κ3) is 4.74. The van der Waals surface area contributed by atoms with E-state index in [1.54, 1.807) is 24.3 Å². The molecule has 1 unspecified atom stereocenters. The second-order valence-electron chi connectivity index (χ2n) is 5.38. The number of benzene rings is 1. The van der Waals surface area contributed by atoms with Crippen LogP contribution in [0.4, 0.5) is 0 Å². The van der Waals surface area contributed by atoms with Crippen LogP contribution in [-0.2, 0) is 14.3 Å². The van der Waals surface area contributed by atoms with Crippen LogP contribution in [0.15, 0.2) is 24.3 Å². The second kappa shape index (κ2) is 7.46. The first-order valence-corrected chi connectivity index (χ1v) is 7.67. The van der Waals surface area contributed by atoms with Crippen molar-refractivity contribution in [3.05, 3.63) is 34.9 Å². The van der Waals surface area contributed by atoms with Gasteiger partial charge >= 0.3 is 5.97 Å². The van der Waals surface area contributed by atoms with Crippen molar-refractivity contribution in [2.75, 3.05) is 0 Å². The van der Waals surface area contributed by atoms with Crippen LogP contribution in [0.1, 0.15) is 50.7 Å². The first-order valence-electron chi connectivity index (χ1n) is 7.29. The van der Waals surface area contributed by atoms with Crippen LogP contribution in [0, 0.1) is 0 Å². The molecule has 0 bridgehead atoms. The summed E-state index contributed by atoms with van der Waals surface area (Å²) in [7, 11) is 0. The van der Waals surface area contributed by atoms with Gasteiger partial charge in [-0.3, -0.25) is 9.59 Å². The molecule has 0 aromatic heterocycles. The summed E-state index contributed by atoms with van der Waals surface area (Å²) in [6.07, 6.45) is 4.53. The predicted molar refractivity (Wildman–Crippen MR) is 81.0 cm³/mol. The lowest BCUT2D eigenvalue weighted by Crippen LogP contribution is -2.40. The van der Waals surface area contributed by atoms with Crippen molar-refractivity contribution in [3.63, 3.8) is 0 Å². The Labute approximate surface area is 129 Å². The molecule has 114 valence electrons.